The molecule has 1 N–H and O–H groups in total. The SMILES string of the molecule is CCOc1ccccc1C(C)(O)c1cccnc1. The Hall–Kier alpha value is -1.87. The number of aliphatic hydroxyl groups is 1. The first-order valence-corrected chi connectivity index (χ1v) is 6.01. The van der Waals surface area contributed by atoms with Crippen molar-refractivity contribution in [2.45, 2.75) is 19.4 Å². The molecular formula is C15H17NO2. The summed E-state index contributed by atoms with van der Waals surface area (Å²) in [4.78, 5) is 4.05. The first kappa shape index (κ1) is 12.6. The number of hydrogen-bond donors (Lipinski definition) is 1. The molecule has 0 saturated heterocycles. The zero-order valence-electron chi connectivity index (χ0n) is 10.6. The number of nitrogens with zero attached hydrogens (tertiary/aromatic N) is 1. The van der Waals surface area contributed by atoms with Crippen LogP contribution in [0, 0.1) is 0 Å². The van der Waals surface area contributed by atoms with Gasteiger partial charge in [-0.1, -0.05) is 24.3 Å². The lowest BCUT2D eigenvalue weighted by Crippen LogP contribution is -2.23. The second kappa shape index (κ2) is 5.19. The second-order valence-electron chi connectivity index (χ2n) is 4.24. The third-order valence-corrected chi connectivity index (χ3v) is 2.94. The Morgan fingerprint density at radius 1 is 1.22 bits per heavy atom. The van der Waals surface area contributed by atoms with E-state index in [1.165, 1.54) is 0 Å². The lowest BCUT2D eigenvalue weighted by Gasteiger charge is -2.26. The van der Waals surface area contributed by atoms with Crippen LogP contribution in [0.4, 0.5) is 0 Å². The van der Waals surface area contributed by atoms with Gasteiger partial charge in [0, 0.05) is 23.5 Å². The molecular weight excluding hydrogens is 226 g/mol. The fourth-order valence-electron chi connectivity index (χ4n) is 1.96. The van der Waals surface area contributed by atoms with Gasteiger partial charge in [0.2, 0.25) is 0 Å². The maximum Gasteiger partial charge on any atom is 0.125 e. The summed E-state index contributed by atoms with van der Waals surface area (Å²) in [5, 5.41) is 10.7. The van der Waals surface area contributed by atoms with Crippen molar-refractivity contribution < 1.29 is 9.84 Å². The number of pyridine rings is 1. The molecule has 94 valence electrons. The highest BCUT2D eigenvalue weighted by Crippen LogP contribution is 2.34. The van der Waals surface area contributed by atoms with Gasteiger partial charge in [-0.15, -0.1) is 0 Å². The molecule has 18 heavy (non-hydrogen) atoms. The first-order chi connectivity index (χ1) is 8.66. The predicted molar refractivity (Wildman–Crippen MR) is 70.5 cm³/mol. The largest absolute Gasteiger partial charge is 0.493 e. The van der Waals surface area contributed by atoms with E-state index in [1.54, 1.807) is 19.3 Å². The fraction of sp³-hybridized carbons (Fsp3) is 0.267. The van der Waals surface area contributed by atoms with Crippen LogP contribution in [0.5, 0.6) is 5.75 Å². The summed E-state index contributed by atoms with van der Waals surface area (Å²) >= 11 is 0. The Bertz CT molecular complexity index is 509. The predicted octanol–water partition coefficient (Wildman–Crippen LogP) is 2.74. The Labute approximate surface area is 107 Å². The van der Waals surface area contributed by atoms with Gasteiger partial charge in [-0.05, 0) is 26.0 Å². The van der Waals surface area contributed by atoms with Gasteiger partial charge in [-0.2, -0.15) is 0 Å². The number of para-hydroxylation sites is 1. The lowest BCUT2D eigenvalue weighted by atomic mass is 9.88. The third-order valence-electron chi connectivity index (χ3n) is 2.94. The Balaban J connectivity index is 2.47. The molecule has 1 atom stereocenters. The van der Waals surface area contributed by atoms with E-state index in [2.05, 4.69) is 4.98 Å². The molecule has 0 saturated carbocycles. The van der Waals surface area contributed by atoms with Crippen molar-refractivity contribution >= 4 is 0 Å². The number of hydrogen-bond acceptors (Lipinski definition) is 3. The minimum Gasteiger partial charge on any atom is -0.493 e. The Kier molecular flexibility index (Phi) is 3.63. The van der Waals surface area contributed by atoms with Gasteiger partial charge in [0.1, 0.15) is 11.4 Å². The molecule has 0 aliphatic rings. The number of benzene rings is 1. The van der Waals surface area contributed by atoms with Crippen LogP contribution in [0.3, 0.4) is 0 Å². The maximum absolute atomic E-state index is 10.7. The van der Waals surface area contributed by atoms with Crippen molar-refractivity contribution in [1.29, 1.82) is 0 Å². The molecule has 1 unspecified atom stereocenters. The Morgan fingerprint density at radius 3 is 2.67 bits per heavy atom. The van der Waals surface area contributed by atoms with Crippen molar-refractivity contribution in [3.8, 4) is 5.75 Å². The van der Waals surface area contributed by atoms with Crippen LogP contribution in [0.25, 0.3) is 0 Å². The van der Waals surface area contributed by atoms with E-state index in [0.29, 0.717) is 12.4 Å². The quantitative estimate of drug-likeness (QED) is 0.897. The van der Waals surface area contributed by atoms with Crippen molar-refractivity contribution in [1.82, 2.24) is 4.98 Å². The zero-order valence-corrected chi connectivity index (χ0v) is 10.6. The van der Waals surface area contributed by atoms with Crippen LogP contribution < -0.4 is 4.74 Å². The molecule has 1 heterocycles. The fourth-order valence-corrected chi connectivity index (χ4v) is 1.96. The molecule has 2 aromatic rings. The van der Waals surface area contributed by atoms with E-state index in [1.807, 2.05) is 43.3 Å². The van der Waals surface area contributed by atoms with Gasteiger partial charge in [0.25, 0.3) is 0 Å². The van der Waals surface area contributed by atoms with Crippen molar-refractivity contribution in [3.63, 3.8) is 0 Å². The van der Waals surface area contributed by atoms with Gasteiger partial charge in [0.05, 0.1) is 6.61 Å². The highest BCUT2D eigenvalue weighted by atomic mass is 16.5. The minimum absolute atomic E-state index is 0.570. The normalized spacial score (nSPS) is 13.9. The zero-order chi connectivity index (χ0) is 13.0. The maximum atomic E-state index is 10.7. The number of rotatable bonds is 4. The molecule has 0 bridgehead atoms. The van der Waals surface area contributed by atoms with Crippen LogP contribution in [-0.2, 0) is 5.60 Å². The summed E-state index contributed by atoms with van der Waals surface area (Å²) in [5.41, 5.74) is 0.386. The summed E-state index contributed by atoms with van der Waals surface area (Å²) in [6, 6.07) is 11.2. The molecule has 2 rings (SSSR count). The van der Waals surface area contributed by atoms with Gasteiger partial charge >= 0.3 is 0 Å². The lowest BCUT2D eigenvalue weighted by molar-refractivity contribution is 0.0977. The highest BCUT2D eigenvalue weighted by molar-refractivity contribution is 5.43. The molecule has 1 aromatic heterocycles. The molecule has 1 aromatic carbocycles. The van der Waals surface area contributed by atoms with Crippen LogP contribution in [0.15, 0.2) is 48.8 Å². The van der Waals surface area contributed by atoms with E-state index < -0.39 is 5.60 Å². The number of ether oxygens (including phenoxy) is 1. The van der Waals surface area contributed by atoms with Crippen molar-refractivity contribution in [2.24, 2.45) is 0 Å². The molecule has 0 spiro atoms. The summed E-state index contributed by atoms with van der Waals surface area (Å²) in [7, 11) is 0. The Morgan fingerprint density at radius 2 is 2.00 bits per heavy atom. The van der Waals surface area contributed by atoms with E-state index in [0.717, 1.165) is 11.1 Å². The molecule has 3 heteroatoms. The van der Waals surface area contributed by atoms with E-state index in [-0.39, 0.29) is 0 Å². The molecule has 0 fully saturated rings. The molecule has 0 aliphatic heterocycles. The monoisotopic (exact) mass is 243 g/mol. The first-order valence-electron chi connectivity index (χ1n) is 6.01. The van der Waals surface area contributed by atoms with Crippen LogP contribution in [-0.4, -0.2) is 16.7 Å². The van der Waals surface area contributed by atoms with Gasteiger partial charge in [-0.3, -0.25) is 4.98 Å². The van der Waals surface area contributed by atoms with E-state index in [4.69, 9.17) is 4.74 Å². The highest BCUT2D eigenvalue weighted by Gasteiger charge is 2.28. The minimum atomic E-state index is -1.11. The average Bonchev–Trinajstić information content (AvgIpc) is 2.41. The number of aromatic nitrogens is 1. The van der Waals surface area contributed by atoms with E-state index in [9.17, 15) is 5.11 Å². The summed E-state index contributed by atoms with van der Waals surface area (Å²) in [6.07, 6.45) is 3.36. The second-order valence-corrected chi connectivity index (χ2v) is 4.24. The van der Waals surface area contributed by atoms with Gasteiger partial charge in [0.15, 0.2) is 0 Å². The molecule has 0 amide bonds. The standard InChI is InChI=1S/C15H17NO2/c1-3-18-14-9-5-4-8-13(14)15(2,17)12-7-6-10-16-11-12/h4-11,17H,3H2,1-2H3. The average molecular weight is 243 g/mol. The summed E-state index contributed by atoms with van der Waals surface area (Å²) in [6.45, 7) is 4.25. The molecule has 0 aliphatic carbocycles. The summed E-state index contributed by atoms with van der Waals surface area (Å²) in [5.74, 6) is 0.703. The smallest absolute Gasteiger partial charge is 0.125 e. The van der Waals surface area contributed by atoms with E-state index >= 15 is 0 Å². The molecule has 3 nitrogen and oxygen atoms in total. The van der Waals surface area contributed by atoms with Crippen molar-refractivity contribution in [3.05, 3.63) is 59.9 Å². The summed E-state index contributed by atoms with van der Waals surface area (Å²) < 4.78 is 5.56. The van der Waals surface area contributed by atoms with Gasteiger partial charge < -0.3 is 9.84 Å². The van der Waals surface area contributed by atoms with Crippen molar-refractivity contribution in [2.75, 3.05) is 6.61 Å². The third kappa shape index (κ3) is 2.36. The topological polar surface area (TPSA) is 42.4 Å². The van der Waals surface area contributed by atoms with Crippen LogP contribution >= 0.6 is 0 Å². The molecule has 0 radical (unpaired) electrons. The van der Waals surface area contributed by atoms with Crippen LogP contribution in [0.2, 0.25) is 0 Å². The van der Waals surface area contributed by atoms with Crippen LogP contribution in [0.1, 0.15) is 25.0 Å². The van der Waals surface area contributed by atoms with Gasteiger partial charge in [-0.25, -0.2) is 0 Å².